The number of nitrogens with two attached hydrogens (primary N) is 1. The van der Waals surface area contributed by atoms with Gasteiger partial charge < -0.3 is 10.8 Å². The van der Waals surface area contributed by atoms with Crippen molar-refractivity contribution in [2.75, 3.05) is 6.61 Å². The summed E-state index contributed by atoms with van der Waals surface area (Å²) in [5.74, 6) is 0. The van der Waals surface area contributed by atoms with E-state index in [0.29, 0.717) is 0 Å². The van der Waals surface area contributed by atoms with Crippen molar-refractivity contribution >= 4 is 0 Å². The molecular formula is C10H17NO. The van der Waals surface area contributed by atoms with Gasteiger partial charge in [-0.3, -0.25) is 0 Å². The smallest absolute Gasteiger partial charge is 0.0434 e. The van der Waals surface area contributed by atoms with E-state index in [2.05, 4.69) is 19.1 Å². The quantitative estimate of drug-likeness (QED) is 0.666. The Morgan fingerprint density at radius 1 is 1.58 bits per heavy atom. The number of allylic oxidation sites excluding steroid dienone is 2. The van der Waals surface area contributed by atoms with Crippen LogP contribution in [0, 0.1) is 0 Å². The highest BCUT2D eigenvalue weighted by atomic mass is 16.2. The summed E-state index contributed by atoms with van der Waals surface area (Å²) in [6.45, 7) is 2.35. The highest BCUT2D eigenvalue weighted by Gasteiger charge is 2.12. The first-order chi connectivity index (χ1) is 5.74. The molecule has 0 aromatic carbocycles. The van der Waals surface area contributed by atoms with E-state index < -0.39 is 0 Å². The Labute approximate surface area is 73.8 Å². The normalized spacial score (nSPS) is 23.4. The molecule has 0 amide bonds. The summed E-state index contributed by atoms with van der Waals surface area (Å²) in [6.07, 6.45) is 6.94. The number of rotatable bonds is 3. The third kappa shape index (κ3) is 2.47. The Morgan fingerprint density at radius 2 is 2.33 bits per heavy atom. The lowest BCUT2D eigenvalue weighted by Gasteiger charge is -2.19. The van der Waals surface area contributed by atoms with Crippen LogP contribution in [0.2, 0.25) is 0 Å². The summed E-state index contributed by atoms with van der Waals surface area (Å²) in [6, 6.07) is 0.182. The summed E-state index contributed by atoms with van der Waals surface area (Å²) in [5, 5.41) is 8.65. The van der Waals surface area contributed by atoms with Crippen LogP contribution in [0.25, 0.3) is 0 Å². The second-order valence-corrected chi connectivity index (χ2v) is 3.39. The lowest BCUT2D eigenvalue weighted by Crippen LogP contribution is -2.24. The van der Waals surface area contributed by atoms with Crippen LogP contribution in [0.5, 0.6) is 0 Å². The van der Waals surface area contributed by atoms with Crippen LogP contribution in [-0.4, -0.2) is 17.8 Å². The molecule has 0 spiro atoms. The molecule has 1 rings (SSSR count). The van der Waals surface area contributed by atoms with E-state index in [0.717, 1.165) is 19.3 Å². The van der Waals surface area contributed by atoms with Crippen LogP contribution in [0.15, 0.2) is 23.3 Å². The fourth-order valence-corrected chi connectivity index (χ4v) is 1.47. The predicted octanol–water partition coefficient (Wildman–Crippen LogP) is 1.36. The van der Waals surface area contributed by atoms with Gasteiger partial charge in [0.05, 0.1) is 0 Å². The van der Waals surface area contributed by atoms with Crippen molar-refractivity contribution in [3.63, 3.8) is 0 Å². The molecule has 2 nitrogen and oxygen atoms in total. The molecule has 68 valence electrons. The number of aliphatic hydroxyl groups is 1. The lowest BCUT2D eigenvalue weighted by atomic mass is 9.92. The predicted molar refractivity (Wildman–Crippen MR) is 50.8 cm³/mol. The van der Waals surface area contributed by atoms with Gasteiger partial charge in [0.1, 0.15) is 0 Å². The van der Waals surface area contributed by atoms with Crippen LogP contribution in [0.4, 0.5) is 0 Å². The summed E-state index contributed by atoms with van der Waals surface area (Å²) in [4.78, 5) is 0. The van der Waals surface area contributed by atoms with E-state index >= 15 is 0 Å². The fraction of sp³-hybridized carbons (Fsp3) is 0.600. The first-order valence-electron chi connectivity index (χ1n) is 4.46. The second-order valence-electron chi connectivity index (χ2n) is 3.39. The van der Waals surface area contributed by atoms with Gasteiger partial charge in [0.2, 0.25) is 0 Å². The maximum Gasteiger partial charge on any atom is 0.0434 e. The minimum atomic E-state index is 0.182. The minimum absolute atomic E-state index is 0.182. The molecule has 12 heavy (non-hydrogen) atoms. The fourth-order valence-electron chi connectivity index (χ4n) is 1.47. The molecule has 1 aliphatic rings. The average molecular weight is 167 g/mol. The molecule has 0 aliphatic heterocycles. The van der Waals surface area contributed by atoms with Gasteiger partial charge in [-0.25, -0.2) is 0 Å². The van der Waals surface area contributed by atoms with Crippen LogP contribution in [0.1, 0.15) is 26.2 Å². The van der Waals surface area contributed by atoms with Gasteiger partial charge in [-0.15, -0.1) is 0 Å². The van der Waals surface area contributed by atoms with Crippen LogP contribution >= 0.6 is 0 Å². The molecule has 0 fully saturated rings. The van der Waals surface area contributed by atoms with Crippen molar-refractivity contribution in [1.29, 1.82) is 0 Å². The lowest BCUT2D eigenvalue weighted by molar-refractivity contribution is 0.287. The zero-order valence-corrected chi connectivity index (χ0v) is 7.59. The molecule has 0 bridgehead atoms. The molecular weight excluding hydrogens is 150 g/mol. The van der Waals surface area contributed by atoms with E-state index in [1.807, 2.05) is 0 Å². The van der Waals surface area contributed by atoms with Gasteiger partial charge in [0, 0.05) is 12.6 Å². The largest absolute Gasteiger partial charge is 0.396 e. The Kier molecular flexibility index (Phi) is 3.50. The van der Waals surface area contributed by atoms with Crippen molar-refractivity contribution in [2.45, 2.75) is 32.2 Å². The number of hydrogen-bond acceptors (Lipinski definition) is 2. The zero-order valence-electron chi connectivity index (χ0n) is 7.59. The van der Waals surface area contributed by atoms with E-state index in [1.54, 1.807) is 0 Å². The van der Waals surface area contributed by atoms with Gasteiger partial charge in [0.25, 0.3) is 0 Å². The monoisotopic (exact) mass is 167 g/mol. The minimum Gasteiger partial charge on any atom is -0.396 e. The first-order valence-corrected chi connectivity index (χ1v) is 4.46. The molecule has 0 radical (unpaired) electrons. The van der Waals surface area contributed by atoms with Crippen molar-refractivity contribution in [3.8, 4) is 0 Å². The highest BCUT2D eigenvalue weighted by molar-refractivity contribution is 5.27. The van der Waals surface area contributed by atoms with Gasteiger partial charge in [-0.2, -0.15) is 0 Å². The molecule has 0 saturated carbocycles. The molecule has 1 aliphatic carbocycles. The maximum atomic E-state index is 8.65. The van der Waals surface area contributed by atoms with E-state index in [4.69, 9.17) is 10.8 Å². The Morgan fingerprint density at radius 3 is 2.92 bits per heavy atom. The number of hydrogen-bond donors (Lipinski definition) is 2. The van der Waals surface area contributed by atoms with Crippen molar-refractivity contribution < 1.29 is 5.11 Å². The maximum absolute atomic E-state index is 8.65. The topological polar surface area (TPSA) is 46.2 Å². The number of aliphatic hydroxyl groups excluding tert-OH is 1. The molecule has 2 heteroatoms. The van der Waals surface area contributed by atoms with Gasteiger partial charge >= 0.3 is 0 Å². The van der Waals surface area contributed by atoms with Crippen LogP contribution in [-0.2, 0) is 0 Å². The average Bonchev–Trinajstić information content (AvgIpc) is 2.03. The Balaban J connectivity index is 2.51. The molecule has 3 N–H and O–H groups in total. The SMILES string of the molecule is CC1=CC=C(CCCO)C(N)C1. The van der Waals surface area contributed by atoms with Gasteiger partial charge in [0.15, 0.2) is 0 Å². The molecule has 1 unspecified atom stereocenters. The standard InChI is InChI=1S/C10H17NO/c1-8-4-5-9(3-2-6-12)10(11)7-8/h4-5,10,12H,2-3,6-7,11H2,1H3. The third-order valence-corrected chi connectivity index (χ3v) is 2.22. The summed E-state index contributed by atoms with van der Waals surface area (Å²) >= 11 is 0. The van der Waals surface area contributed by atoms with E-state index in [1.165, 1.54) is 11.1 Å². The summed E-state index contributed by atoms with van der Waals surface area (Å²) in [7, 11) is 0. The molecule has 1 atom stereocenters. The van der Waals surface area contributed by atoms with Crippen molar-refractivity contribution in [2.24, 2.45) is 5.73 Å². The van der Waals surface area contributed by atoms with Crippen molar-refractivity contribution in [3.05, 3.63) is 23.3 Å². The van der Waals surface area contributed by atoms with Gasteiger partial charge in [-0.1, -0.05) is 23.3 Å². The van der Waals surface area contributed by atoms with Crippen LogP contribution in [0.3, 0.4) is 0 Å². The zero-order chi connectivity index (χ0) is 8.97. The Hall–Kier alpha value is -0.600. The van der Waals surface area contributed by atoms with Crippen LogP contribution < -0.4 is 5.73 Å². The van der Waals surface area contributed by atoms with E-state index in [9.17, 15) is 0 Å². The second kappa shape index (κ2) is 4.43. The molecule has 0 aromatic rings. The molecule has 0 aromatic heterocycles. The summed E-state index contributed by atoms with van der Waals surface area (Å²) in [5.41, 5.74) is 8.54. The molecule has 0 saturated heterocycles. The first kappa shape index (κ1) is 9.49. The molecule has 0 heterocycles. The van der Waals surface area contributed by atoms with Crippen molar-refractivity contribution in [1.82, 2.24) is 0 Å². The Bertz CT molecular complexity index is 206. The highest BCUT2D eigenvalue weighted by Crippen LogP contribution is 2.20. The third-order valence-electron chi connectivity index (χ3n) is 2.22. The van der Waals surface area contributed by atoms with E-state index in [-0.39, 0.29) is 12.6 Å². The summed E-state index contributed by atoms with van der Waals surface area (Å²) < 4.78 is 0. The van der Waals surface area contributed by atoms with Gasteiger partial charge in [-0.05, 0) is 26.2 Å².